The molecule has 4 heteroatoms. The lowest BCUT2D eigenvalue weighted by atomic mass is 10.1. The molecule has 68 valence electrons. The quantitative estimate of drug-likeness (QED) is 0.710. The second-order valence-corrected chi connectivity index (χ2v) is 3.70. The monoisotopic (exact) mass is 244 g/mol. The molecule has 0 spiro atoms. The van der Waals surface area contributed by atoms with Gasteiger partial charge in [-0.25, -0.2) is 4.39 Å². The molecule has 0 aliphatic carbocycles. The van der Waals surface area contributed by atoms with Crippen LogP contribution in [0.3, 0.4) is 0 Å². The third-order valence-electron chi connectivity index (χ3n) is 1.91. The number of carbonyl (C=O) groups excluding carboxylic acids is 1. The van der Waals surface area contributed by atoms with Gasteiger partial charge in [0.2, 0.25) is 6.36 Å². The van der Waals surface area contributed by atoms with Gasteiger partial charge in [-0.2, -0.15) is 0 Å². The summed E-state index contributed by atoms with van der Waals surface area (Å²) in [7, 11) is 0. The molecule has 2 rings (SSSR count). The summed E-state index contributed by atoms with van der Waals surface area (Å²) in [5.74, 6) is 0.512. The van der Waals surface area contributed by atoms with Crippen LogP contribution in [0.2, 0.25) is 0 Å². The van der Waals surface area contributed by atoms with Crippen LogP contribution in [-0.4, -0.2) is 12.6 Å². The highest BCUT2D eigenvalue weighted by atomic mass is 79.9. The van der Waals surface area contributed by atoms with Gasteiger partial charge in [-0.05, 0) is 28.1 Å². The summed E-state index contributed by atoms with van der Waals surface area (Å²) in [5.41, 5.74) is 1.27. The minimum absolute atomic E-state index is 0.218. The van der Waals surface area contributed by atoms with E-state index in [1.807, 2.05) is 0 Å². The second kappa shape index (κ2) is 3.10. The zero-order valence-corrected chi connectivity index (χ0v) is 8.17. The van der Waals surface area contributed by atoms with Gasteiger partial charge < -0.3 is 4.74 Å². The molecule has 0 saturated carbocycles. The SMILES string of the molecule is O=Cc1cc(Br)c2c(c1)CC(F)O2. The van der Waals surface area contributed by atoms with Crippen LogP contribution >= 0.6 is 15.9 Å². The molecule has 0 aromatic heterocycles. The molecule has 1 unspecified atom stereocenters. The van der Waals surface area contributed by atoms with E-state index in [1.165, 1.54) is 0 Å². The van der Waals surface area contributed by atoms with Gasteiger partial charge in [-0.3, -0.25) is 4.79 Å². The fourth-order valence-electron chi connectivity index (χ4n) is 1.37. The van der Waals surface area contributed by atoms with Crippen molar-refractivity contribution < 1.29 is 13.9 Å². The van der Waals surface area contributed by atoms with E-state index in [-0.39, 0.29) is 6.42 Å². The summed E-state index contributed by atoms with van der Waals surface area (Å²) in [5, 5.41) is 0. The van der Waals surface area contributed by atoms with E-state index < -0.39 is 6.36 Å². The van der Waals surface area contributed by atoms with Crippen molar-refractivity contribution in [3.63, 3.8) is 0 Å². The number of carbonyl (C=O) groups is 1. The van der Waals surface area contributed by atoms with Crippen LogP contribution in [0.1, 0.15) is 15.9 Å². The molecule has 1 aliphatic heterocycles. The number of hydrogen-bond donors (Lipinski definition) is 0. The number of benzene rings is 1. The molecule has 2 nitrogen and oxygen atoms in total. The Kier molecular flexibility index (Phi) is 2.07. The molecule has 1 heterocycles. The van der Waals surface area contributed by atoms with E-state index in [9.17, 15) is 9.18 Å². The standard InChI is InChI=1S/C9H6BrFO2/c10-7-2-5(4-12)1-6-3-8(11)13-9(6)7/h1-2,4,8H,3H2. The molecular weight excluding hydrogens is 239 g/mol. The Morgan fingerprint density at radius 3 is 3.08 bits per heavy atom. The Labute approximate surface area is 82.8 Å². The summed E-state index contributed by atoms with van der Waals surface area (Å²) >= 11 is 3.22. The Morgan fingerprint density at radius 2 is 2.38 bits per heavy atom. The molecule has 13 heavy (non-hydrogen) atoms. The van der Waals surface area contributed by atoms with E-state index in [4.69, 9.17) is 4.74 Å². The zero-order valence-electron chi connectivity index (χ0n) is 6.59. The van der Waals surface area contributed by atoms with Gasteiger partial charge in [-0.1, -0.05) is 0 Å². The lowest BCUT2D eigenvalue weighted by Crippen LogP contribution is -2.03. The highest BCUT2D eigenvalue weighted by Gasteiger charge is 2.24. The topological polar surface area (TPSA) is 26.3 Å². The first kappa shape index (κ1) is 8.69. The van der Waals surface area contributed by atoms with Crippen LogP contribution in [0.5, 0.6) is 5.75 Å². The van der Waals surface area contributed by atoms with Crippen molar-refractivity contribution in [3.05, 3.63) is 27.7 Å². The van der Waals surface area contributed by atoms with E-state index in [0.29, 0.717) is 15.8 Å². The van der Waals surface area contributed by atoms with Crippen molar-refractivity contribution in [2.45, 2.75) is 12.8 Å². The molecule has 1 aromatic carbocycles. The number of fused-ring (bicyclic) bond motifs is 1. The average molecular weight is 245 g/mol. The summed E-state index contributed by atoms with van der Waals surface area (Å²) < 4.78 is 18.3. The number of ether oxygens (including phenoxy) is 1. The van der Waals surface area contributed by atoms with Crippen LogP contribution in [-0.2, 0) is 6.42 Å². The third kappa shape index (κ3) is 1.46. The number of rotatable bonds is 1. The zero-order chi connectivity index (χ0) is 9.42. The molecule has 1 aliphatic rings. The van der Waals surface area contributed by atoms with Crippen LogP contribution in [0.25, 0.3) is 0 Å². The molecule has 1 atom stereocenters. The molecule has 0 bridgehead atoms. The van der Waals surface area contributed by atoms with Crippen molar-refractivity contribution in [2.24, 2.45) is 0 Å². The molecule has 0 saturated heterocycles. The predicted molar refractivity (Wildman–Crippen MR) is 48.8 cm³/mol. The Morgan fingerprint density at radius 1 is 1.62 bits per heavy atom. The maximum absolute atomic E-state index is 12.8. The van der Waals surface area contributed by atoms with Crippen molar-refractivity contribution in [2.75, 3.05) is 0 Å². The van der Waals surface area contributed by atoms with Gasteiger partial charge in [0.05, 0.1) is 4.47 Å². The minimum atomic E-state index is -1.28. The van der Waals surface area contributed by atoms with Gasteiger partial charge in [0.25, 0.3) is 0 Å². The van der Waals surface area contributed by atoms with Crippen molar-refractivity contribution >= 4 is 22.2 Å². The summed E-state index contributed by atoms with van der Waals surface area (Å²) in [6.07, 6.45) is -0.333. The van der Waals surface area contributed by atoms with Crippen LogP contribution in [0.4, 0.5) is 4.39 Å². The summed E-state index contributed by atoms with van der Waals surface area (Å²) in [4.78, 5) is 10.5. The van der Waals surface area contributed by atoms with Gasteiger partial charge in [-0.15, -0.1) is 0 Å². The normalized spacial score (nSPS) is 19.4. The largest absolute Gasteiger partial charge is 0.459 e. The van der Waals surface area contributed by atoms with E-state index >= 15 is 0 Å². The fraction of sp³-hybridized carbons (Fsp3) is 0.222. The van der Waals surface area contributed by atoms with E-state index in [2.05, 4.69) is 15.9 Å². The van der Waals surface area contributed by atoms with Crippen molar-refractivity contribution in [1.82, 2.24) is 0 Å². The van der Waals surface area contributed by atoms with Crippen LogP contribution < -0.4 is 4.74 Å². The van der Waals surface area contributed by atoms with Gasteiger partial charge in [0.15, 0.2) is 0 Å². The molecule has 0 N–H and O–H groups in total. The maximum Gasteiger partial charge on any atom is 0.242 e. The lowest BCUT2D eigenvalue weighted by Gasteiger charge is -2.02. The Hall–Kier alpha value is -0.900. The highest BCUT2D eigenvalue weighted by Crippen LogP contribution is 2.37. The number of hydrogen-bond acceptors (Lipinski definition) is 2. The minimum Gasteiger partial charge on any atom is -0.459 e. The van der Waals surface area contributed by atoms with E-state index in [0.717, 1.165) is 11.8 Å². The summed E-state index contributed by atoms with van der Waals surface area (Å²) in [6, 6.07) is 3.26. The Bertz CT molecular complexity index is 365. The number of aldehydes is 1. The van der Waals surface area contributed by atoms with Crippen LogP contribution in [0.15, 0.2) is 16.6 Å². The third-order valence-corrected chi connectivity index (χ3v) is 2.49. The maximum atomic E-state index is 12.8. The number of alkyl halides is 1. The highest BCUT2D eigenvalue weighted by molar-refractivity contribution is 9.10. The molecule has 0 amide bonds. The molecule has 0 radical (unpaired) electrons. The Balaban J connectivity index is 2.52. The first-order chi connectivity index (χ1) is 6.20. The summed E-state index contributed by atoms with van der Waals surface area (Å²) in [6.45, 7) is 0. The average Bonchev–Trinajstić information content (AvgIpc) is 2.46. The lowest BCUT2D eigenvalue weighted by molar-refractivity contribution is 0.0904. The number of halogens is 2. The first-order valence-electron chi connectivity index (χ1n) is 3.79. The smallest absolute Gasteiger partial charge is 0.242 e. The van der Waals surface area contributed by atoms with Crippen molar-refractivity contribution in [1.29, 1.82) is 0 Å². The van der Waals surface area contributed by atoms with Crippen molar-refractivity contribution in [3.8, 4) is 5.75 Å². The van der Waals surface area contributed by atoms with Gasteiger partial charge in [0.1, 0.15) is 12.0 Å². The predicted octanol–water partition coefficient (Wildman–Crippen LogP) is 2.49. The molecule has 1 aromatic rings. The van der Waals surface area contributed by atoms with Gasteiger partial charge in [0, 0.05) is 17.5 Å². The second-order valence-electron chi connectivity index (χ2n) is 2.84. The molecule has 0 fully saturated rings. The molecular formula is C9H6BrFO2. The van der Waals surface area contributed by atoms with E-state index in [1.54, 1.807) is 12.1 Å². The fourth-order valence-corrected chi connectivity index (χ4v) is 1.98. The first-order valence-corrected chi connectivity index (χ1v) is 4.58. The van der Waals surface area contributed by atoms with Crippen LogP contribution in [0, 0.1) is 0 Å². The van der Waals surface area contributed by atoms with Gasteiger partial charge >= 0.3 is 0 Å².